The van der Waals surface area contributed by atoms with Gasteiger partial charge in [0.05, 0.1) is 9.26 Å². The molecule has 0 aromatic carbocycles. The van der Waals surface area contributed by atoms with Crippen LogP contribution in [-0.4, -0.2) is 15.0 Å². The van der Waals surface area contributed by atoms with Crippen LogP contribution in [0, 0.1) is 10.5 Å². The van der Waals surface area contributed by atoms with Crippen molar-refractivity contribution in [2.24, 2.45) is 0 Å². The minimum absolute atomic E-state index is 0.0690. The Morgan fingerprint density at radius 1 is 1.16 bits per heavy atom. The van der Waals surface area contributed by atoms with Crippen LogP contribution in [0.2, 0.25) is 0 Å². The van der Waals surface area contributed by atoms with Gasteiger partial charge in [0, 0.05) is 22.9 Å². The molecule has 0 spiro atoms. The van der Waals surface area contributed by atoms with Gasteiger partial charge in [-0.15, -0.1) is 0 Å². The molecule has 0 bridgehead atoms. The zero-order chi connectivity index (χ0) is 14.2. The van der Waals surface area contributed by atoms with Gasteiger partial charge in [-0.25, -0.2) is 9.97 Å². The molecule has 2 aromatic heterocycles. The van der Waals surface area contributed by atoms with Crippen molar-refractivity contribution >= 4 is 28.4 Å². The Labute approximate surface area is 127 Å². The van der Waals surface area contributed by atoms with E-state index in [-0.39, 0.29) is 5.41 Å². The van der Waals surface area contributed by atoms with Gasteiger partial charge in [-0.2, -0.15) is 0 Å². The number of halogens is 1. The highest BCUT2D eigenvalue weighted by Crippen LogP contribution is 2.30. The summed E-state index contributed by atoms with van der Waals surface area (Å²) in [5.74, 6) is 1.16. The number of nitrogen functional groups attached to an aromatic ring is 1. The minimum atomic E-state index is -0.0690. The lowest BCUT2D eigenvalue weighted by Gasteiger charge is -2.20. The quantitative estimate of drug-likeness (QED) is 0.785. The molecule has 0 amide bonds. The molecule has 0 atom stereocenters. The van der Waals surface area contributed by atoms with Crippen LogP contribution >= 0.6 is 22.6 Å². The minimum Gasteiger partial charge on any atom is -0.383 e. The summed E-state index contributed by atoms with van der Waals surface area (Å²) in [6, 6.07) is 3.92. The van der Waals surface area contributed by atoms with Crippen molar-refractivity contribution in [3.8, 4) is 11.4 Å². The average molecular weight is 368 g/mol. The Hall–Kier alpha value is -1.24. The van der Waals surface area contributed by atoms with Crippen molar-refractivity contribution in [1.29, 1.82) is 0 Å². The van der Waals surface area contributed by atoms with Gasteiger partial charge in [0.1, 0.15) is 5.82 Å². The van der Waals surface area contributed by atoms with Gasteiger partial charge in [-0.05, 0) is 41.6 Å². The topological polar surface area (TPSA) is 64.7 Å². The fraction of sp³-hybridized carbons (Fsp3) is 0.357. The number of nitrogens with two attached hydrogens (primary N) is 1. The molecule has 2 rings (SSSR count). The first-order chi connectivity index (χ1) is 8.79. The van der Waals surface area contributed by atoms with E-state index < -0.39 is 0 Å². The van der Waals surface area contributed by atoms with Crippen molar-refractivity contribution in [2.45, 2.75) is 33.1 Å². The summed E-state index contributed by atoms with van der Waals surface area (Å²) >= 11 is 2.21. The summed E-state index contributed by atoms with van der Waals surface area (Å²) in [4.78, 5) is 13.3. The van der Waals surface area contributed by atoms with Crippen molar-refractivity contribution in [2.75, 3.05) is 5.73 Å². The number of aromatic nitrogens is 3. The fourth-order valence-electron chi connectivity index (χ4n) is 1.69. The smallest absolute Gasteiger partial charge is 0.163 e. The highest BCUT2D eigenvalue weighted by molar-refractivity contribution is 14.1. The van der Waals surface area contributed by atoms with Crippen LogP contribution in [0.4, 0.5) is 5.82 Å². The van der Waals surface area contributed by atoms with Crippen LogP contribution in [0.5, 0.6) is 0 Å². The van der Waals surface area contributed by atoms with Crippen molar-refractivity contribution in [1.82, 2.24) is 15.0 Å². The van der Waals surface area contributed by atoms with Crippen LogP contribution in [0.15, 0.2) is 18.3 Å². The van der Waals surface area contributed by atoms with Crippen LogP contribution in [0.25, 0.3) is 11.4 Å². The summed E-state index contributed by atoms with van der Waals surface area (Å²) in [6.07, 6.45) is 1.78. The molecule has 0 aliphatic rings. The van der Waals surface area contributed by atoms with Crippen LogP contribution < -0.4 is 5.73 Å². The van der Waals surface area contributed by atoms with E-state index in [1.54, 1.807) is 6.20 Å². The molecule has 0 saturated carbocycles. The van der Waals surface area contributed by atoms with Crippen molar-refractivity contribution < 1.29 is 0 Å². The summed E-state index contributed by atoms with van der Waals surface area (Å²) in [7, 11) is 0. The van der Waals surface area contributed by atoms with Crippen molar-refractivity contribution in [3.63, 3.8) is 0 Å². The Morgan fingerprint density at radius 2 is 1.84 bits per heavy atom. The van der Waals surface area contributed by atoms with Gasteiger partial charge < -0.3 is 5.73 Å². The number of anilines is 1. The number of hydrogen-bond acceptors (Lipinski definition) is 4. The highest BCUT2D eigenvalue weighted by Gasteiger charge is 2.22. The predicted molar refractivity (Wildman–Crippen MR) is 85.8 cm³/mol. The Morgan fingerprint density at radius 3 is 2.37 bits per heavy atom. The van der Waals surface area contributed by atoms with E-state index in [4.69, 9.17) is 5.73 Å². The Balaban J connectivity index is 2.60. The van der Waals surface area contributed by atoms with E-state index in [0.29, 0.717) is 11.6 Å². The third-order valence-corrected chi connectivity index (χ3v) is 3.82. The highest BCUT2D eigenvalue weighted by atomic mass is 127. The van der Waals surface area contributed by atoms with Gasteiger partial charge in [-0.1, -0.05) is 20.8 Å². The van der Waals surface area contributed by atoms with Gasteiger partial charge in [0.2, 0.25) is 0 Å². The van der Waals surface area contributed by atoms with E-state index in [0.717, 1.165) is 20.5 Å². The standard InChI is InChI=1S/C14H17IN4/c1-8-5-6-9(7-17-8)13-18-11(14(2,3)4)10(15)12(16)19-13/h5-7H,1-4H3,(H2,16,18,19). The largest absolute Gasteiger partial charge is 0.383 e. The number of nitrogens with zero attached hydrogens (tertiary/aromatic N) is 3. The maximum Gasteiger partial charge on any atom is 0.163 e. The average Bonchev–Trinajstić information content (AvgIpc) is 2.32. The monoisotopic (exact) mass is 368 g/mol. The van der Waals surface area contributed by atoms with E-state index in [2.05, 4.69) is 58.3 Å². The zero-order valence-electron chi connectivity index (χ0n) is 11.5. The molecular formula is C14H17IN4. The number of aryl methyl sites for hydroxylation is 1. The lowest BCUT2D eigenvalue weighted by Crippen LogP contribution is -2.18. The second kappa shape index (κ2) is 5.03. The summed E-state index contributed by atoms with van der Waals surface area (Å²) < 4.78 is 0.925. The molecule has 2 N–H and O–H groups in total. The number of rotatable bonds is 1. The number of hydrogen-bond donors (Lipinski definition) is 1. The second-order valence-electron chi connectivity index (χ2n) is 5.53. The molecule has 2 aromatic rings. The molecule has 0 unspecified atom stereocenters. The first kappa shape index (κ1) is 14.2. The van der Waals surface area contributed by atoms with Crippen LogP contribution in [-0.2, 0) is 5.41 Å². The molecule has 2 heterocycles. The van der Waals surface area contributed by atoms with E-state index in [9.17, 15) is 0 Å². The molecule has 19 heavy (non-hydrogen) atoms. The third kappa shape index (κ3) is 3.02. The first-order valence-corrected chi connectivity index (χ1v) is 7.13. The van der Waals surface area contributed by atoms with Gasteiger partial charge in [-0.3, -0.25) is 4.98 Å². The van der Waals surface area contributed by atoms with E-state index in [1.807, 2.05) is 19.1 Å². The maximum atomic E-state index is 6.01. The number of pyridine rings is 1. The molecule has 0 aliphatic carbocycles. The van der Waals surface area contributed by atoms with E-state index in [1.165, 1.54) is 0 Å². The Kier molecular flexibility index (Phi) is 3.75. The molecule has 0 fully saturated rings. The SMILES string of the molecule is Cc1ccc(-c2nc(N)c(I)c(C(C)(C)C)n2)cn1. The molecule has 4 nitrogen and oxygen atoms in total. The molecule has 0 radical (unpaired) electrons. The van der Waals surface area contributed by atoms with E-state index >= 15 is 0 Å². The van der Waals surface area contributed by atoms with Gasteiger partial charge in [0.15, 0.2) is 5.82 Å². The lowest BCUT2D eigenvalue weighted by molar-refractivity contribution is 0.564. The maximum absolute atomic E-state index is 6.01. The zero-order valence-corrected chi connectivity index (χ0v) is 13.7. The normalized spacial score (nSPS) is 11.6. The lowest BCUT2D eigenvalue weighted by atomic mass is 9.92. The summed E-state index contributed by atoms with van der Waals surface area (Å²) in [6.45, 7) is 8.31. The van der Waals surface area contributed by atoms with Gasteiger partial charge >= 0.3 is 0 Å². The molecule has 5 heteroatoms. The van der Waals surface area contributed by atoms with Crippen LogP contribution in [0.1, 0.15) is 32.2 Å². The molecule has 0 aliphatic heterocycles. The third-order valence-electron chi connectivity index (χ3n) is 2.76. The summed E-state index contributed by atoms with van der Waals surface area (Å²) in [5.41, 5.74) is 8.76. The second-order valence-corrected chi connectivity index (χ2v) is 6.61. The fourth-order valence-corrected chi connectivity index (χ4v) is 2.74. The molecule has 100 valence electrons. The van der Waals surface area contributed by atoms with Gasteiger partial charge in [0.25, 0.3) is 0 Å². The van der Waals surface area contributed by atoms with Crippen molar-refractivity contribution in [3.05, 3.63) is 33.3 Å². The Bertz CT molecular complexity index is 600. The molecular weight excluding hydrogens is 351 g/mol. The van der Waals surface area contributed by atoms with Crippen LogP contribution in [0.3, 0.4) is 0 Å². The predicted octanol–water partition coefficient (Wildman–Crippen LogP) is 3.33. The summed E-state index contributed by atoms with van der Waals surface area (Å²) in [5, 5.41) is 0. The molecule has 0 saturated heterocycles. The first-order valence-electron chi connectivity index (χ1n) is 6.05.